The Morgan fingerprint density at radius 3 is 2.40 bits per heavy atom. The van der Waals surface area contributed by atoms with Crippen molar-refractivity contribution >= 4 is 16.8 Å². The minimum Gasteiger partial charge on any atom is -0.493 e. The molecule has 0 saturated carbocycles. The van der Waals surface area contributed by atoms with Gasteiger partial charge in [0.15, 0.2) is 17.3 Å². The van der Waals surface area contributed by atoms with Gasteiger partial charge in [-0.3, -0.25) is 4.79 Å². The molecule has 1 N–H and O–H groups in total. The van der Waals surface area contributed by atoms with Crippen molar-refractivity contribution in [1.29, 1.82) is 0 Å². The zero-order valence-electron chi connectivity index (χ0n) is 14.5. The summed E-state index contributed by atoms with van der Waals surface area (Å²) in [5.74, 6) is 0.764. The van der Waals surface area contributed by atoms with Crippen LogP contribution in [-0.2, 0) is 9.47 Å². The molecule has 7 nitrogen and oxygen atoms in total. The molecular weight excluding hydrogens is 324 g/mol. The molecule has 2 aliphatic heterocycles. The molecule has 1 aromatic heterocycles. The molecular formula is C18H22N2O5. The Morgan fingerprint density at radius 1 is 1.12 bits per heavy atom. The van der Waals surface area contributed by atoms with Gasteiger partial charge in [-0.05, 0) is 6.07 Å². The first kappa shape index (κ1) is 16.2. The lowest BCUT2D eigenvalue weighted by molar-refractivity contribution is -0.181. The van der Waals surface area contributed by atoms with E-state index in [1.165, 1.54) is 0 Å². The fourth-order valence-corrected chi connectivity index (χ4v) is 3.63. The van der Waals surface area contributed by atoms with Crippen molar-refractivity contribution in [2.45, 2.75) is 18.6 Å². The first-order chi connectivity index (χ1) is 12.2. The SMILES string of the molecule is COc1cc2[nH]cc(C(=O)N3CCC4(CC3)OCCO4)c2cc1OC. The number of amides is 1. The lowest BCUT2D eigenvalue weighted by Crippen LogP contribution is -2.47. The molecule has 4 rings (SSSR count). The van der Waals surface area contributed by atoms with Crippen LogP contribution in [0.4, 0.5) is 0 Å². The van der Waals surface area contributed by atoms with Crippen molar-refractivity contribution in [1.82, 2.24) is 9.88 Å². The van der Waals surface area contributed by atoms with E-state index in [4.69, 9.17) is 18.9 Å². The van der Waals surface area contributed by atoms with Crippen LogP contribution in [-0.4, -0.2) is 62.1 Å². The second-order valence-corrected chi connectivity index (χ2v) is 6.35. The van der Waals surface area contributed by atoms with Gasteiger partial charge in [-0.15, -0.1) is 0 Å². The molecule has 0 bridgehead atoms. The van der Waals surface area contributed by atoms with Crippen molar-refractivity contribution in [2.75, 3.05) is 40.5 Å². The Morgan fingerprint density at radius 2 is 1.76 bits per heavy atom. The smallest absolute Gasteiger partial charge is 0.256 e. The number of ether oxygens (including phenoxy) is 4. The Hall–Kier alpha value is -2.25. The normalized spacial score (nSPS) is 19.5. The van der Waals surface area contributed by atoms with Crippen molar-refractivity contribution in [3.8, 4) is 11.5 Å². The molecule has 25 heavy (non-hydrogen) atoms. The van der Waals surface area contributed by atoms with E-state index >= 15 is 0 Å². The lowest BCUT2D eigenvalue weighted by atomic mass is 10.0. The van der Waals surface area contributed by atoms with E-state index in [0.29, 0.717) is 56.2 Å². The summed E-state index contributed by atoms with van der Waals surface area (Å²) in [5.41, 5.74) is 1.48. The van der Waals surface area contributed by atoms with Gasteiger partial charge in [0.1, 0.15) is 0 Å². The standard InChI is InChI=1S/C18H22N2O5/c1-22-15-9-12-13(11-19-14(12)10-16(15)23-2)17(21)20-5-3-18(4-6-20)24-7-8-25-18/h9-11,19H,3-8H2,1-2H3. The highest BCUT2D eigenvalue weighted by Gasteiger charge is 2.41. The number of H-pyrrole nitrogens is 1. The summed E-state index contributed by atoms with van der Waals surface area (Å²) >= 11 is 0. The van der Waals surface area contributed by atoms with Gasteiger partial charge in [0.25, 0.3) is 5.91 Å². The first-order valence-electron chi connectivity index (χ1n) is 8.46. The van der Waals surface area contributed by atoms with Gasteiger partial charge in [-0.2, -0.15) is 0 Å². The summed E-state index contributed by atoms with van der Waals surface area (Å²) in [7, 11) is 3.18. The summed E-state index contributed by atoms with van der Waals surface area (Å²) in [4.78, 5) is 18.0. The molecule has 0 atom stereocenters. The number of methoxy groups -OCH3 is 2. The minimum atomic E-state index is -0.479. The first-order valence-corrected chi connectivity index (χ1v) is 8.46. The summed E-state index contributed by atoms with van der Waals surface area (Å²) < 4.78 is 22.1. The Balaban J connectivity index is 1.58. The number of piperidine rings is 1. The van der Waals surface area contributed by atoms with Crippen molar-refractivity contribution in [3.05, 3.63) is 23.9 Å². The van der Waals surface area contributed by atoms with E-state index in [1.54, 1.807) is 20.4 Å². The molecule has 1 spiro atoms. The average Bonchev–Trinajstić information content (AvgIpc) is 3.27. The van der Waals surface area contributed by atoms with Crippen LogP contribution in [0.3, 0.4) is 0 Å². The van der Waals surface area contributed by atoms with Gasteiger partial charge in [-0.1, -0.05) is 0 Å². The summed E-state index contributed by atoms with van der Waals surface area (Å²) in [6.45, 7) is 2.52. The highest BCUT2D eigenvalue weighted by Crippen LogP contribution is 2.35. The molecule has 134 valence electrons. The second kappa shape index (κ2) is 6.24. The number of nitrogens with one attached hydrogen (secondary N) is 1. The fourth-order valence-electron chi connectivity index (χ4n) is 3.63. The number of aromatic nitrogens is 1. The maximum absolute atomic E-state index is 13.0. The van der Waals surface area contributed by atoms with E-state index in [1.807, 2.05) is 17.0 Å². The maximum atomic E-state index is 13.0. The van der Waals surface area contributed by atoms with Gasteiger partial charge in [0, 0.05) is 43.6 Å². The zero-order valence-corrected chi connectivity index (χ0v) is 14.5. The fraction of sp³-hybridized carbons (Fsp3) is 0.500. The molecule has 2 aliphatic rings. The number of aromatic amines is 1. The molecule has 7 heteroatoms. The zero-order chi connectivity index (χ0) is 17.4. The van der Waals surface area contributed by atoms with E-state index in [9.17, 15) is 4.79 Å². The third-order valence-corrected chi connectivity index (χ3v) is 5.04. The van der Waals surface area contributed by atoms with Crippen LogP contribution in [0.2, 0.25) is 0 Å². The summed E-state index contributed by atoms with van der Waals surface area (Å²) in [5, 5.41) is 0.830. The number of rotatable bonds is 3. The maximum Gasteiger partial charge on any atom is 0.256 e. The molecule has 1 amide bonds. The van der Waals surface area contributed by atoms with Crippen molar-refractivity contribution in [3.63, 3.8) is 0 Å². The van der Waals surface area contributed by atoms with Gasteiger partial charge >= 0.3 is 0 Å². The van der Waals surface area contributed by atoms with Crippen LogP contribution in [0.1, 0.15) is 23.2 Å². The Kier molecular flexibility index (Phi) is 4.05. The van der Waals surface area contributed by atoms with Crippen LogP contribution >= 0.6 is 0 Å². The molecule has 2 fully saturated rings. The summed E-state index contributed by atoms with van der Waals surface area (Å²) in [6.07, 6.45) is 3.16. The van der Waals surface area contributed by atoms with Crippen LogP contribution in [0.5, 0.6) is 11.5 Å². The molecule has 0 radical (unpaired) electrons. The van der Waals surface area contributed by atoms with Crippen LogP contribution in [0, 0.1) is 0 Å². The number of hydrogen-bond donors (Lipinski definition) is 1. The number of carbonyl (C=O) groups excluding carboxylic acids is 1. The topological polar surface area (TPSA) is 73.0 Å². The average molecular weight is 346 g/mol. The van der Waals surface area contributed by atoms with Crippen molar-refractivity contribution < 1.29 is 23.7 Å². The third kappa shape index (κ3) is 2.73. The Bertz CT molecular complexity index is 784. The number of hydrogen-bond acceptors (Lipinski definition) is 5. The molecule has 2 aromatic rings. The molecule has 0 aliphatic carbocycles. The van der Waals surface area contributed by atoms with Gasteiger partial charge < -0.3 is 28.8 Å². The van der Waals surface area contributed by atoms with Crippen LogP contribution < -0.4 is 9.47 Å². The highest BCUT2D eigenvalue weighted by atomic mass is 16.7. The van der Waals surface area contributed by atoms with Gasteiger partial charge in [-0.25, -0.2) is 0 Å². The number of likely N-dealkylation sites (tertiary alicyclic amines) is 1. The lowest BCUT2D eigenvalue weighted by Gasteiger charge is -2.37. The van der Waals surface area contributed by atoms with Crippen LogP contribution in [0.25, 0.3) is 10.9 Å². The Labute approximate surface area is 145 Å². The monoisotopic (exact) mass is 346 g/mol. The largest absolute Gasteiger partial charge is 0.493 e. The second-order valence-electron chi connectivity index (χ2n) is 6.35. The van der Waals surface area contributed by atoms with Crippen molar-refractivity contribution in [2.24, 2.45) is 0 Å². The van der Waals surface area contributed by atoms with E-state index in [-0.39, 0.29) is 5.91 Å². The van der Waals surface area contributed by atoms with Gasteiger partial charge in [0.05, 0.1) is 38.5 Å². The number of carbonyl (C=O) groups is 1. The quantitative estimate of drug-likeness (QED) is 0.922. The van der Waals surface area contributed by atoms with Gasteiger partial charge in [0.2, 0.25) is 0 Å². The van der Waals surface area contributed by atoms with Crippen LogP contribution in [0.15, 0.2) is 18.3 Å². The summed E-state index contributed by atoms with van der Waals surface area (Å²) in [6, 6.07) is 3.68. The highest BCUT2D eigenvalue weighted by molar-refractivity contribution is 6.07. The van der Waals surface area contributed by atoms with E-state index < -0.39 is 5.79 Å². The predicted octanol–water partition coefficient (Wildman–Crippen LogP) is 2.16. The predicted molar refractivity (Wildman–Crippen MR) is 91.2 cm³/mol. The number of nitrogens with zero attached hydrogens (tertiary/aromatic N) is 1. The molecule has 2 saturated heterocycles. The number of benzene rings is 1. The molecule has 3 heterocycles. The molecule has 1 aromatic carbocycles. The molecule has 0 unspecified atom stereocenters. The minimum absolute atomic E-state index is 0.00585. The van der Waals surface area contributed by atoms with E-state index in [2.05, 4.69) is 4.98 Å². The third-order valence-electron chi connectivity index (χ3n) is 5.04. The van der Waals surface area contributed by atoms with E-state index in [0.717, 1.165) is 10.9 Å². The number of fused-ring (bicyclic) bond motifs is 1.